The van der Waals surface area contributed by atoms with E-state index in [0.717, 1.165) is 16.8 Å². The summed E-state index contributed by atoms with van der Waals surface area (Å²) in [7, 11) is 0. The van der Waals surface area contributed by atoms with Crippen molar-refractivity contribution in [3.8, 4) is 6.07 Å². The predicted molar refractivity (Wildman–Crippen MR) is 66.5 cm³/mol. The van der Waals surface area contributed by atoms with Gasteiger partial charge >= 0.3 is 0 Å². The van der Waals surface area contributed by atoms with Crippen LogP contribution < -0.4 is 5.56 Å². The Kier molecular flexibility index (Phi) is 3.85. The summed E-state index contributed by atoms with van der Waals surface area (Å²) in [5, 5.41) is 19.5. The maximum absolute atomic E-state index is 11.9. The molecule has 1 heterocycles. The number of nitriles is 1. The van der Waals surface area contributed by atoms with Gasteiger partial charge in [0.25, 0.3) is 11.2 Å². The molecule has 1 aromatic heterocycles. The van der Waals surface area contributed by atoms with Gasteiger partial charge in [-0.3, -0.25) is 19.7 Å². The van der Waals surface area contributed by atoms with Crippen LogP contribution >= 0.6 is 0 Å². The van der Waals surface area contributed by atoms with Crippen molar-refractivity contribution in [1.82, 2.24) is 4.57 Å². The van der Waals surface area contributed by atoms with Crippen LogP contribution in [0.1, 0.15) is 26.3 Å². The van der Waals surface area contributed by atoms with Gasteiger partial charge in [0.05, 0.1) is 17.7 Å². The fourth-order valence-electron chi connectivity index (χ4n) is 1.31. The Labute approximate surface area is 109 Å². The molecule has 0 aromatic carbocycles. The van der Waals surface area contributed by atoms with Crippen molar-refractivity contribution >= 4 is 11.5 Å². The van der Waals surface area contributed by atoms with Gasteiger partial charge in [0.15, 0.2) is 5.78 Å². The number of Topliss-reactive ketones (excluding diaryl/α,β-unsaturated/α-hetero) is 1. The molecule has 7 nitrogen and oxygen atoms in total. The first-order valence-corrected chi connectivity index (χ1v) is 5.49. The Bertz CT molecular complexity index is 632. The molecule has 7 heteroatoms. The zero-order valence-corrected chi connectivity index (χ0v) is 10.8. The number of aromatic nitrogens is 1. The molecule has 0 fully saturated rings. The summed E-state index contributed by atoms with van der Waals surface area (Å²) >= 11 is 0. The molecule has 0 aliphatic heterocycles. The second-order valence-corrected chi connectivity index (χ2v) is 5.09. The highest BCUT2D eigenvalue weighted by Crippen LogP contribution is 2.16. The van der Waals surface area contributed by atoms with E-state index in [1.54, 1.807) is 26.8 Å². The normalized spacial score (nSPS) is 10.8. The van der Waals surface area contributed by atoms with Crippen molar-refractivity contribution < 1.29 is 9.72 Å². The largest absolute Gasteiger partial charge is 0.300 e. The Morgan fingerprint density at radius 2 is 2.11 bits per heavy atom. The van der Waals surface area contributed by atoms with E-state index in [1.807, 2.05) is 0 Å². The highest BCUT2D eigenvalue weighted by atomic mass is 16.6. The molecule has 0 N–H and O–H groups in total. The van der Waals surface area contributed by atoms with E-state index in [4.69, 9.17) is 5.26 Å². The minimum absolute atomic E-state index is 0.251. The van der Waals surface area contributed by atoms with Crippen LogP contribution in [0.15, 0.2) is 17.1 Å². The summed E-state index contributed by atoms with van der Waals surface area (Å²) in [6.45, 7) is 4.76. The lowest BCUT2D eigenvalue weighted by Crippen LogP contribution is -2.31. The van der Waals surface area contributed by atoms with E-state index >= 15 is 0 Å². The van der Waals surface area contributed by atoms with Crippen LogP contribution in [-0.2, 0) is 11.3 Å². The number of pyridine rings is 1. The van der Waals surface area contributed by atoms with E-state index < -0.39 is 21.6 Å². The summed E-state index contributed by atoms with van der Waals surface area (Å²) in [4.78, 5) is 33.7. The van der Waals surface area contributed by atoms with Crippen LogP contribution in [-0.4, -0.2) is 15.3 Å². The van der Waals surface area contributed by atoms with E-state index in [-0.39, 0.29) is 17.9 Å². The number of carbonyl (C=O) groups is 1. The summed E-state index contributed by atoms with van der Waals surface area (Å²) in [5.74, 6) is -0.251. The lowest BCUT2D eigenvalue weighted by atomic mass is 9.91. The van der Waals surface area contributed by atoms with Crippen LogP contribution in [0.5, 0.6) is 0 Å². The van der Waals surface area contributed by atoms with Crippen molar-refractivity contribution in [2.75, 3.05) is 0 Å². The molecule has 0 unspecified atom stereocenters. The number of nitrogens with zero attached hydrogens (tertiary/aromatic N) is 3. The number of nitro groups is 1. The van der Waals surface area contributed by atoms with Crippen LogP contribution in [0.2, 0.25) is 0 Å². The Balaban J connectivity index is 3.32. The Morgan fingerprint density at radius 3 is 2.53 bits per heavy atom. The smallest absolute Gasteiger partial charge is 0.287 e. The van der Waals surface area contributed by atoms with Crippen LogP contribution in [0.3, 0.4) is 0 Å². The minimum Gasteiger partial charge on any atom is -0.300 e. The average molecular weight is 263 g/mol. The zero-order chi connectivity index (χ0) is 14.8. The molecule has 0 spiro atoms. The molecule has 100 valence electrons. The predicted octanol–water partition coefficient (Wildman–Crippen LogP) is 1.24. The first-order valence-electron chi connectivity index (χ1n) is 5.49. The second-order valence-electron chi connectivity index (χ2n) is 5.09. The third kappa shape index (κ3) is 3.25. The van der Waals surface area contributed by atoms with Gasteiger partial charge in [-0.2, -0.15) is 5.26 Å². The van der Waals surface area contributed by atoms with Crippen LogP contribution in [0, 0.1) is 26.9 Å². The number of carbonyl (C=O) groups excluding carboxylic acids is 1. The summed E-state index contributed by atoms with van der Waals surface area (Å²) < 4.78 is 0.907. The third-order valence-electron chi connectivity index (χ3n) is 2.55. The van der Waals surface area contributed by atoms with Gasteiger partial charge in [0.1, 0.15) is 11.6 Å². The zero-order valence-electron chi connectivity index (χ0n) is 10.8. The quantitative estimate of drug-likeness (QED) is 0.602. The maximum Gasteiger partial charge on any atom is 0.287 e. The molecule has 19 heavy (non-hydrogen) atoms. The van der Waals surface area contributed by atoms with Crippen molar-refractivity contribution in [3.05, 3.63) is 38.3 Å². The highest BCUT2D eigenvalue weighted by Gasteiger charge is 2.23. The van der Waals surface area contributed by atoms with Gasteiger partial charge < -0.3 is 4.57 Å². The number of hydrogen-bond acceptors (Lipinski definition) is 5. The molecular formula is C12H13N3O4. The monoisotopic (exact) mass is 263 g/mol. The van der Waals surface area contributed by atoms with E-state index in [2.05, 4.69) is 0 Å². The molecule has 0 bridgehead atoms. The average Bonchev–Trinajstić information content (AvgIpc) is 2.30. The van der Waals surface area contributed by atoms with Crippen molar-refractivity contribution in [2.24, 2.45) is 5.41 Å². The molecule has 1 rings (SSSR count). The SMILES string of the molecule is CC(C)(C)C(=O)Cn1cc([N+](=O)[O-])cc(C#N)c1=O. The van der Waals surface area contributed by atoms with Crippen LogP contribution in [0.25, 0.3) is 0 Å². The first kappa shape index (κ1) is 14.6. The number of hydrogen-bond donors (Lipinski definition) is 0. The van der Waals surface area contributed by atoms with E-state index in [1.165, 1.54) is 0 Å². The maximum atomic E-state index is 11.9. The Morgan fingerprint density at radius 1 is 1.53 bits per heavy atom. The molecule has 0 amide bonds. The first-order chi connectivity index (χ1) is 8.66. The van der Waals surface area contributed by atoms with Gasteiger partial charge in [0.2, 0.25) is 0 Å². The molecule has 0 atom stereocenters. The van der Waals surface area contributed by atoms with Gasteiger partial charge in [-0.15, -0.1) is 0 Å². The van der Waals surface area contributed by atoms with Crippen molar-refractivity contribution in [3.63, 3.8) is 0 Å². The van der Waals surface area contributed by atoms with Crippen molar-refractivity contribution in [1.29, 1.82) is 5.26 Å². The van der Waals surface area contributed by atoms with E-state index in [9.17, 15) is 19.7 Å². The molecule has 0 saturated carbocycles. The molecule has 0 saturated heterocycles. The molecule has 0 radical (unpaired) electrons. The summed E-state index contributed by atoms with van der Waals surface area (Å²) in [5.41, 5.74) is -2.11. The topological polar surface area (TPSA) is 106 Å². The van der Waals surface area contributed by atoms with Gasteiger partial charge in [-0.05, 0) is 0 Å². The third-order valence-corrected chi connectivity index (χ3v) is 2.55. The second kappa shape index (κ2) is 5.02. The standard InChI is InChI=1S/C12H13N3O4/c1-12(2,3)10(16)7-14-6-9(15(18)19)4-8(5-13)11(14)17/h4,6H,7H2,1-3H3. The molecule has 0 aliphatic rings. The lowest BCUT2D eigenvalue weighted by molar-refractivity contribution is -0.385. The Hall–Kier alpha value is -2.49. The fourth-order valence-corrected chi connectivity index (χ4v) is 1.31. The summed E-state index contributed by atoms with van der Waals surface area (Å²) in [6.07, 6.45) is 0.979. The van der Waals surface area contributed by atoms with Gasteiger partial charge in [-0.1, -0.05) is 20.8 Å². The minimum atomic E-state index is -0.710. The molecule has 1 aromatic rings. The van der Waals surface area contributed by atoms with E-state index in [0.29, 0.717) is 0 Å². The van der Waals surface area contributed by atoms with Crippen LogP contribution in [0.4, 0.5) is 5.69 Å². The van der Waals surface area contributed by atoms with Crippen molar-refractivity contribution in [2.45, 2.75) is 27.3 Å². The number of ketones is 1. The molecule has 0 aliphatic carbocycles. The highest BCUT2D eigenvalue weighted by molar-refractivity contribution is 5.83. The summed E-state index contributed by atoms with van der Waals surface area (Å²) in [6, 6.07) is 2.50. The lowest BCUT2D eigenvalue weighted by Gasteiger charge is -2.17. The molecular weight excluding hydrogens is 250 g/mol. The fraction of sp³-hybridized carbons (Fsp3) is 0.417. The van der Waals surface area contributed by atoms with Gasteiger partial charge in [0, 0.05) is 11.5 Å². The number of rotatable bonds is 3. The van der Waals surface area contributed by atoms with Gasteiger partial charge in [-0.25, -0.2) is 0 Å².